The van der Waals surface area contributed by atoms with E-state index in [2.05, 4.69) is 43.3 Å². The predicted molar refractivity (Wildman–Crippen MR) is 155 cm³/mol. The topological polar surface area (TPSA) is 64.4 Å². The number of hydrogen-bond donors (Lipinski definition) is 0. The minimum atomic E-state index is -0.430. The fraction of sp³-hybridized carbons (Fsp3) is 0.303. The zero-order valence-electron chi connectivity index (χ0n) is 23.5. The van der Waals surface area contributed by atoms with Gasteiger partial charge in [0.15, 0.2) is 0 Å². The van der Waals surface area contributed by atoms with Gasteiger partial charge in [-0.05, 0) is 43.5 Å². The highest BCUT2D eigenvalue weighted by atomic mass is 16.6. The molecule has 0 fully saturated rings. The number of hydrogen-bond acceptors (Lipinski definition) is 4. The largest absolute Gasteiger partial charge is 0.415 e. The van der Waals surface area contributed by atoms with Crippen molar-refractivity contribution in [2.24, 2.45) is 0 Å². The Bertz CT molecular complexity index is 1460. The highest BCUT2D eigenvalue weighted by Gasteiger charge is 2.29. The van der Waals surface area contributed by atoms with Crippen molar-refractivity contribution in [2.45, 2.75) is 60.0 Å². The van der Waals surface area contributed by atoms with Gasteiger partial charge < -0.3 is 9.64 Å². The Morgan fingerprint density at radius 1 is 0.897 bits per heavy atom. The summed E-state index contributed by atoms with van der Waals surface area (Å²) in [7, 11) is 0. The number of fused-ring (bicyclic) bond motifs is 1. The smallest absolute Gasteiger partial charge is 0.410 e. The number of amides is 1. The van der Waals surface area contributed by atoms with Gasteiger partial charge in [-0.2, -0.15) is 0 Å². The van der Waals surface area contributed by atoms with Gasteiger partial charge in [-0.1, -0.05) is 98.6 Å². The maximum absolute atomic E-state index is 14.0. The summed E-state index contributed by atoms with van der Waals surface area (Å²) in [5, 5.41) is 0. The van der Waals surface area contributed by atoms with Crippen LogP contribution in [0.25, 0.3) is 0 Å². The molecular formula is C33H37N3O3. The molecule has 1 aromatic heterocycles. The van der Waals surface area contributed by atoms with Crippen LogP contribution in [0.2, 0.25) is 0 Å². The molecule has 0 bridgehead atoms. The van der Waals surface area contributed by atoms with Crippen LogP contribution in [0, 0.1) is 13.8 Å². The van der Waals surface area contributed by atoms with E-state index >= 15 is 0 Å². The summed E-state index contributed by atoms with van der Waals surface area (Å²) in [4.78, 5) is 33.5. The summed E-state index contributed by atoms with van der Waals surface area (Å²) in [6, 6.07) is 25.5. The van der Waals surface area contributed by atoms with Gasteiger partial charge >= 0.3 is 6.09 Å². The molecule has 3 aromatic carbocycles. The van der Waals surface area contributed by atoms with Crippen molar-refractivity contribution in [3.05, 3.63) is 129 Å². The summed E-state index contributed by atoms with van der Waals surface area (Å²) in [6.45, 7) is 10.7. The number of nitrogens with zero attached hydrogens (tertiary/aromatic N) is 3. The zero-order valence-corrected chi connectivity index (χ0v) is 23.5. The van der Waals surface area contributed by atoms with E-state index in [1.54, 1.807) is 17.0 Å². The summed E-state index contributed by atoms with van der Waals surface area (Å²) < 4.78 is 7.42. The molecule has 5 rings (SSSR count). The van der Waals surface area contributed by atoms with Crippen molar-refractivity contribution in [1.29, 1.82) is 0 Å². The Kier molecular flexibility index (Phi) is 8.97. The molecule has 39 heavy (non-hydrogen) atoms. The highest BCUT2D eigenvalue weighted by molar-refractivity contribution is 5.71. The van der Waals surface area contributed by atoms with Gasteiger partial charge in [0.1, 0.15) is 11.6 Å². The second-order valence-corrected chi connectivity index (χ2v) is 9.56. The van der Waals surface area contributed by atoms with Gasteiger partial charge in [-0.25, -0.2) is 9.78 Å². The zero-order chi connectivity index (χ0) is 27.9. The number of carbonyl (C=O) groups excluding carboxylic acids is 1. The Hall–Kier alpha value is -4.19. The maximum Gasteiger partial charge on any atom is 0.415 e. The fourth-order valence-electron chi connectivity index (χ4n) is 4.87. The summed E-state index contributed by atoms with van der Waals surface area (Å²) in [6.07, 6.45) is 0.593. The van der Waals surface area contributed by atoms with Crippen LogP contribution in [-0.2, 0) is 19.4 Å². The van der Waals surface area contributed by atoms with Crippen LogP contribution < -0.4 is 10.3 Å². The fourth-order valence-corrected chi connectivity index (χ4v) is 4.87. The SMILES string of the molecule is CC.CCc1nc2c(c(=O)n1C(c1ccccc1)c1ccc(C)cc1)CCN(C(=O)Oc1ccc(C)cc1)C2. The number of ether oxygens (including phenoxy) is 1. The van der Waals surface area contributed by atoms with Crippen molar-refractivity contribution in [2.75, 3.05) is 6.54 Å². The molecule has 0 N–H and O–H groups in total. The monoisotopic (exact) mass is 523 g/mol. The first kappa shape index (κ1) is 27.8. The number of benzene rings is 3. The van der Waals surface area contributed by atoms with E-state index in [1.165, 1.54) is 5.56 Å². The van der Waals surface area contributed by atoms with Crippen LogP contribution in [-0.4, -0.2) is 27.1 Å². The Labute approximate surface area is 230 Å². The van der Waals surface area contributed by atoms with Crippen molar-refractivity contribution in [1.82, 2.24) is 14.5 Å². The van der Waals surface area contributed by atoms with E-state index in [0.29, 0.717) is 42.2 Å². The van der Waals surface area contributed by atoms with Crippen LogP contribution >= 0.6 is 0 Å². The minimum Gasteiger partial charge on any atom is -0.410 e. The summed E-state index contributed by atoms with van der Waals surface area (Å²) >= 11 is 0. The summed E-state index contributed by atoms with van der Waals surface area (Å²) in [5.41, 5.74) is 5.62. The molecular weight excluding hydrogens is 486 g/mol. The van der Waals surface area contributed by atoms with E-state index < -0.39 is 6.09 Å². The van der Waals surface area contributed by atoms with Gasteiger partial charge in [0.25, 0.3) is 5.56 Å². The van der Waals surface area contributed by atoms with Crippen LogP contribution in [0.5, 0.6) is 5.75 Å². The van der Waals surface area contributed by atoms with Gasteiger partial charge in [0, 0.05) is 18.5 Å². The van der Waals surface area contributed by atoms with E-state index in [-0.39, 0.29) is 18.1 Å². The van der Waals surface area contributed by atoms with E-state index in [0.717, 1.165) is 16.7 Å². The Morgan fingerprint density at radius 3 is 2.10 bits per heavy atom. The number of carbonyl (C=O) groups is 1. The Balaban J connectivity index is 0.00000172. The third-order valence-corrected chi connectivity index (χ3v) is 6.91. The first-order valence-corrected chi connectivity index (χ1v) is 13.7. The standard InChI is InChI=1S/C31H31N3O3.C2H6/c1-4-28-32-27-20-33(31(36)37-25-16-12-22(3)13-17-25)19-18-26(27)30(35)34(28)29(23-8-6-5-7-9-23)24-14-10-21(2)11-15-24;1-2/h5-17,29H,4,18-20H2,1-3H3;1-2H3. The molecule has 6 nitrogen and oxygen atoms in total. The van der Waals surface area contributed by atoms with Gasteiger partial charge in [0.05, 0.1) is 18.3 Å². The molecule has 4 aromatic rings. The molecule has 6 heteroatoms. The number of aromatic nitrogens is 2. The van der Waals surface area contributed by atoms with E-state index in [9.17, 15) is 9.59 Å². The first-order valence-electron chi connectivity index (χ1n) is 13.7. The molecule has 1 atom stereocenters. The third-order valence-electron chi connectivity index (χ3n) is 6.91. The van der Waals surface area contributed by atoms with Gasteiger partial charge in [-0.15, -0.1) is 0 Å². The molecule has 202 valence electrons. The van der Waals surface area contributed by atoms with Crippen molar-refractivity contribution >= 4 is 6.09 Å². The van der Waals surface area contributed by atoms with Crippen LogP contribution in [0.1, 0.15) is 66.1 Å². The third kappa shape index (κ3) is 6.11. The van der Waals surface area contributed by atoms with E-state index in [1.807, 2.05) is 62.6 Å². The molecule has 0 saturated heterocycles. The average Bonchev–Trinajstić information content (AvgIpc) is 2.97. The second-order valence-electron chi connectivity index (χ2n) is 9.56. The lowest BCUT2D eigenvalue weighted by molar-refractivity contribution is 0.145. The van der Waals surface area contributed by atoms with Crippen molar-refractivity contribution in [3.8, 4) is 5.75 Å². The maximum atomic E-state index is 14.0. The van der Waals surface area contributed by atoms with Gasteiger partial charge in [-0.3, -0.25) is 9.36 Å². The Morgan fingerprint density at radius 2 is 1.49 bits per heavy atom. The molecule has 0 saturated carbocycles. The predicted octanol–water partition coefficient (Wildman–Crippen LogP) is 6.64. The second kappa shape index (κ2) is 12.6. The molecule has 1 aliphatic heterocycles. The lowest BCUT2D eigenvalue weighted by Gasteiger charge is -2.30. The number of aryl methyl sites for hydroxylation is 3. The lowest BCUT2D eigenvalue weighted by atomic mass is 9.96. The minimum absolute atomic E-state index is 0.0390. The molecule has 1 aliphatic rings. The van der Waals surface area contributed by atoms with Crippen molar-refractivity contribution < 1.29 is 9.53 Å². The first-order chi connectivity index (χ1) is 18.9. The summed E-state index contributed by atoms with van der Waals surface area (Å²) in [5.74, 6) is 1.20. The molecule has 0 aliphatic carbocycles. The molecule has 2 heterocycles. The van der Waals surface area contributed by atoms with E-state index in [4.69, 9.17) is 9.72 Å². The molecule has 1 amide bonds. The van der Waals surface area contributed by atoms with Crippen LogP contribution in [0.4, 0.5) is 4.79 Å². The number of rotatable bonds is 5. The van der Waals surface area contributed by atoms with Crippen LogP contribution in [0.3, 0.4) is 0 Å². The van der Waals surface area contributed by atoms with Crippen LogP contribution in [0.15, 0.2) is 83.7 Å². The molecule has 1 unspecified atom stereocenters. The highest BCUT2D eigenvalue weighted by Crippen LogP contribution is 2.28. The quantitative estimate of drug-likeness (QED) is 0.294. The molecule has 0 spiro atoms. The average molecular weight is 524 g/mol. The normalized spacial score (nSPS) is 13.1. The molecule has 0 radical (unpaired) electrons. The van der Waals surface area contributed by atoms with Crippen molar-refractivity contribution in [3.63, 3.8) is 0 Å². The lowest BCUT2D eigenvalue weighted by Crippen LogP contribution is -2.43. The van der Waals surface area contributed by atoms with Gasteiger partial charge in [0.2, 0.25) is 0 Å².